The molecule has 0 bridgehead atoms. The lowest BCUT2D eigenvalue weighted by Gasteiger charge is -2.13. The Bertz CT molecular complexity index is 1130. The van der Waals surface area contributed by atoms with E-state index in [1.807, 2.05) is 13.0 Å². The fourth-order valence-electron chi connectivity index (χ4n) is 2.90. The summed E-state index contributed by atoms with van der Waals surface area (Å²) in [5, 5.41) is 9.01. The van der Waals surface area contributed by atoms with Crippen LogP contribution >= 0.6 is 23.8 Å². The second-order valence-electron chi connectivity index (χ2n) is 6.61. The molecule has 0 unspecified atom stereocenters. The number of methoxy groups -OCH3 is 1. The molecule has 0 fully saturated rings. The zero-order chi connectivity index (χ0) is 22.4. The molecule has 0 aromatic heterocycles. The van der Waals surface area contributed by atoms with E-state index in [9.17, 15) is 9.59 Å². The molecule has 2 amide bonds. The van der Waals surface area contributed by atoms with Crippen LogP contribution in [0.2, 0.25) is 5.02 Å². The number of hydrogen-bond donors (Lipinski definition) is 3. The van der Waals surface area contributed by atoms with Gasteiger partial charge in [-0.25, -0.2) is 0 Å². The number of rotatable bonds is 5. The van der Waals surface area contributed by atoms with Crippen molar-refractivity contribution in [3.8, 4) is 5.75 Å². The summed E-state index contributed by atoms with van der Waals surface area (Å²) in [6.45, 7) is 1.86. The smallest absolute Gasteiger partial charge is 0.261 e. The molecule has 0 spiro atoms. The van der Waals surface area contributed by atoms with Gasteiger partial charge in [-0.05, 0) is 73.2 Å². The lowest BCUT2D eigenvalue weighted by molar-refractivity contribution is 0.0973. The van der Waals surface area contributed by atoms with Crippen molar-refractivity contribution in [2.24, 2.45) is 0 Å². The monoisotopic (exact) mass is 453 g/mol. The van der Waals surface area contributed by atoms with Crippen molar-refractivity contribution in [2.45, 2.75) is 6.92 Å². The third kappa shape index (κ3) is 5.81. The van der Waals surface area contributed by atoms with Crippen LogP contribution in [-0.2, 0) is 0 Å². The van der Waals surface area contributed by atoms with E-state index in [0.29, 0.717) is 33.3 Å². The van der Waals surface area contributed by atoms with E-state index in [2.05, 4.69) is 16.0 Å². The van der Waals surface area contributed by atoms with Crippen molar-refractivity contribution in [3.63, 3.8) is 0 Å². The average Bonchev–Trinajstić information content (AvgIpc) is 2.74. The largest absolute Gasteiger partial charge is 0.496 e. The predicted molar refractivity (Wildman–Crippen MR) is 127 cm³/mol. The number of benzene rings is 3. The van der Waals surface area contributed by atoms with Crippen LogP contribution in [0.4, 0.5) is 11.4 Å². The molecule has 3 aromatic carbocycles. The van der Waals surface area contributed by atoms with E-state index in [4.69, 9.17) is 28.6 Å². The predicted octanol–water partition coefficient (Wildman–Crippen LogP) is 5.04. The molecular formula is C23H20ClN3O3S. The van der Waals surface area contributed by atoms with Gasteiger partial charge >= 0.3 is 0 Å². The maximum absolute atomic E-state index is 12.5. The number of carbonyl (C=O) groups excluding carboxylic acids is 2. The van der Waals surface area contributed by atoms with Gasteiger partial charge in [0.25, 0.3) is 11.8 Å². The van der Waals surface area contributed by atoms with Gasteiger partial charge in [0, 0.05) is 22.0 Å². The Hall–Kier alpha value is -3.42. The van der Waals surface area contributed by atoms with E-state index in [0.717, 1.165) is 5.56 Å². The first-order valence-corrected chi connectivity index (χ1v) is 10.1. The lowest BCUT2D eigenvalue weighted by atomic mass is 10.1. The summed E-state index contributed by atoms with van der Waals surface area (Å²) in [7, 11) is 1.52. The van der Waals surface area contributed by atoms with Crippen molar-refractivity contribution in [2.75, 3.05) is 17.7 Å². The molecule has 3 aromatic rings. The van der Waals surface area contributed by atoms with Gasteiger partial charge in [-0.1, -0.05) is 29.8 Å². The Balaban J connectivity index is 1.59. The number of nitrogens with one attached hydrogen (secondary N) is 3. The Morgan fingerprint density at radius 2 is 1.55 bits per heavy atom. The number of para-hydroxylation sites is 1. The molecule has 0 atom stereocenters. The highest BCUT2D eigenvalue weighted by Crippen LogP contribution is 2.23. The minimum absolute atomic E-state index is 0.143. The first-order chi connectivity index (χ1) is 14.9. The molecule has 31 heavy (non-hydrogen) atoms. The second kappa shape index (κ2) is 10.1. The number of amides is 2. The number of ether oxygens (including phenoxy) is 1. The van der Waals surface area contributed by atoms with Crippen LogP contribution in [0.15, 0.2) is 66.7 Å². The number of thiocarbonyl (C=S) groups is 1. The first kappa shape index (κ1) is 22.3. The van der Waals surface area contributed by atoms with Gasteiger partial charge in [-0.3, -0.25) is 14.9 Å². The maximum atomic E-state index is 12.5. The van der Waals surface area contributed by atoms with Crippen molar-refractivity contribution in [3.05, 3.63) is 88.4 Å². The third-order valence-corrected chi connectivity index (χ3v) is 4.81. The van der Waals surface area contributed by atoms with E-state index in [1.165, 1.54) is 7.11 Å². The van der Waals surface area contributed by atoms with Gasteiger partial charge in [0.1, 0.15) is 5.75 Å². The molecule has 0 aliphatic heterocycles. The highest BCUT2D eigenvalue weighted by Gasteiger charge is 2.15. The topological polar surface area (TPSA) is 79.5 Å². The maximum Gasteiger partial charge on any atom is 0.261 e. The third-order valence-electron chi connectivity index (χ3n) is 4.38. The summed E-state index contributed by atoms with van der Waals surface area (Å²) in [4.78, 5) is 24.8. The Morgan fingerprint density at radius 1 is 0.903 bits per heavy atom. The van der Waals surface area contributed by atoms with Crippen LogP contribution in [0.3, 0.4) is 0 Å². The molecular weight excluding hydrogens is 434 g/mol. The fraction of sp³-hybridized carbons (Fsp3) is 0.0870. The summed E-state index contributed by atoms with van der Waals surface area (Å²) in [6, 6.07) is 18.9. The van der Waals surface area contributed by atoms with Crippen LogP contribution < -0.4 is 20.7 Å². The van der Waals surface area contributed by atoms with Crippen LogP contribution in [0.5, 0.6) is 5.75 Å². The number of aryl methyl sites for hydroxylation is 1. The molecule has 0 aliphatic carbocycles. The van der Waals surface area contributed by atoms with E-state index in [1.54, 1.807) is 60.7 Å². The van der Waals surface area contributed by atoms with Crippen molar-refractivity contribution in [1.29, 1.82) is 0 Å². The van der Waals surface area contributed by atoms with Crippen LogP contribution in [0.25, 0.3) is 0 Å². The molecule has 158 valence electrons. The molecule has 8 heteroatoms. The molecule has 0 saturated carbocycles. The van der Waals surface area contributed by atoms with Gasteiger partial charge in [0.2, 0.25) is 0 Å². The quantitative estimate of drug-likeness (QED) is 0.472. The van der Waals surface area contributed by atoms with Crippen LogP contribution in [0.1, 0.15) is 26.3 Å². The van der Waals surface area contributed by atoms with Crippen LogP contribution in [-0.4, -0.2) is 24.0 Å². The van der Waals surface area contributed by atoms with E-state index in [-0.39, 0.29) is 16.9 Å². The minimum Gasteiger partial charge on any atom is -0.496 e. The summed E-state index contributed by atoms with van der Waals surface area (Å²) in [6.07, 6.45) is 0. The highest BCUT2D eigenvalue weighted by molar-refractivity contribution is 7.80. The summed E-state index contributed by atoms with van der Waals surface area (Å²) in [5.74, 6) is -0.135. The molecule has 6 nitrogen and oxygen atoms in total. The zero-order valence-corrected chi connectivity index (χ0v) is 18.4. The minimum atomic E-state index is -0.372. The average molecular weight is 454 g/mol. The molecule has 3 N–H and O–H groups in total. The SMILES string of the molecule is COc1c(C)cccc1C(=O)NC(=S)Nc1ccc(NC(=O)c2cccc(Cl)c2)cc1. The summed E-state index contributed by atoms with van der Waals surface area (Å²) < 4.78 is 5.31. The molecule has 0 radical (unpaired) electrons. The molecule has 0 saturated heterocycles. The van der Waals surface area contributed by atoms with Crippen LogP contribution in [0, 0.1) is 6.92 Å². The van der Waals surface area contributed by atoms with Crippen molar-refractivity contribution < 1.29 is 14.3 Å². The number of halogens is 1. The first-order valence-electron chi connectivity index (χ1n) is 9.30. The number of hydrogen-bond acceptors (Lipinski definition) is 4. The Morgan fingerprint density at radius 3 is 2.19 bits per heavy atom. The Labute approximate surface area is 190 Å². The molecule has 0 heterocycles. The van der Waals surface area contributed by atoms with Crippen molar-refractivity contribution in [1.82, 2.24) is 5.32 Å². The molecule has 0 aliphatic rings. The standard InChI is InChI=1S/C23H20ClN3O3S/c1-14-5-3-8-19(20(14)30-2)22(29)27-23(31)26-18-11-9-17(10-12-18)25-21(28)15-6-4-7-16(24)13-15/h3-13H,1-2H3,(H,25,28)(H2,26,27,29,31). The molecule has 3 rings (SSSR count). The number of anilines is 2. The normalized spacial score (nSPS) is 10.2. The second-order valence-corrected chi connectivity index (χ2v) is 7.45. The van der Waals surface area contributed by atoms with E-state index >= 15 is 0 Å². The Kier molecular flexibility index (Phi) is 7.23. The fourth-order valence-corrected chi connectivity index (χ4v) is 3.31. The van der Waals surface area contributed by atoms with Gasteiger partial charge in [0.15, 0.2) is 5.11 Å². The van der Waals surface area contributed by atoms with E-state index < -0.39 is 0 Å². The van der Waals surface area contributed by atoms with Crippen molar-refractivity contribution >= 4 is 52.1 Å². The lowest BCUT2D eigenvalue weighted by Crippen LogP contribution is -2.34. The summed E-state index contributed by atoms with van der Waals surface area (Å²) >= 11 is 11.2. The number of carbonyl (C=O) groups is 2. The van der Waals surface area contributed by atoms with Gasteiger partial charge in [-0.2, -0.15) is 0 Å². The highest BCUT2D eigenvalue weighted by atomic mass is 35.5. The zero-order valence-electron chi connectivity index (χ0n) is 16.9. The van der Waals surface area contributed by atoms with Gasteiger partial charge in [0.05, 0.1) is 12.7 Å². The summed E-state index contributed by atoms with van der Waals surface area (Å²) in [5.41, 5.74) is 2.97. The van der Waals surface area contributed by atoms with Gasteiger partial charge < -0.3 is 15.4 Å². The van der Waals surface area contributed by atoms with Gasteiger partial charge in [-0.15, -0.1) is 0 Å².